The fourth-order valence-corrected chi connectivity index (χ4v) is 1.80. The lowest BCUT2D eigenvalue weighted by Gasteiger charge is -2.11. The number of Topliss-reactive ketones (excluding diaryl/α,β-unsaturated/α-hetero) is 1. The van der Waals surface area contributed by atoms with E-state index < -0.39 is 6.10 Å². The number of aliphatic hydroxyl groups is 1. The minimum atomic E-state index is -0.859. The lowest BCUT2D eigenvalue weighted by Crippen LogP contribution is -2.07. The van der Waals surface area contributed by atoms with Gasteiger partial charge in [0.2, 0.25) is 0 Å². The standard InChI is InChI=1S/C13H11NO2/c14-8-9-4-6-10(7-5-9)13(16)11-2-1-3-12(11)15/h2,4-7,13,16H,1,3H2. The molecule has 0 aromatic heterocycles. The van der Waals surface area contributed by atoms with Crippen LogP contribution in [0.4, 0.5) is 0 Å². The van der Waals surface area contributed by atoms with E-state index in [1.807, 2.05) is 6.07 Å². The third-order valence-electron chi connectivity index (χ3n) is 2.71. The molecule has 0 aliphatic heterocycles. The van der Waals surface area contributed by atoms with E-state index in [-0.39, 0.29) is 5.78 Å². The predicted molar refractivity (Wildman–Crippen MR) is 58.4 cm³/mol. The molecule has 0 spiro atoms. The highest BCUT2D eigenvalue weighted by atomic mass is 16.3. The van der Waals surface area contributed by atoms with E-state index in [4.69, 9.17) is 5.26 Å². The molecule has 1 aliphatic rings. The van der Waals surface area contributed by atoms with Crippen LogP contribution in [0.3, 0.4) is 0 Å². The summed E-state index contributed by atoms with van der Waals surface area (Å²) in [7, 11) is 0. The van der Waals surface area contributed by atoms with E-state index in [2.05, 4.69) is 0 Å². The van der Waals surface area contributed by atoms with Crippen LogP contribution in [-0.2, 0) is 4.79 Å². The van der Waals surface area contributed by atoms with Crippen LogP contribution in [0.15, 0.2) is 35.9 Å². The molecule has 1 aromatic rings. The number of hydrogen-bond acceptors (Lipinski definition) is 3. The van der Waals surface area contributed by atoms with Crippen LogP contribution in [0.2, 0.25) is 0 Å². The van der Waals surface area contributed by atoms with Crippen LogP contribution in [-0.4, -0.2) is 10.9 Å². The molecule has 2 rings (SSSR count). The fraction of sp³-hybridized carbons (Fsp3) is 0.231. The van der Waals surface area contributed by atoms with E-state index in [1.165, 1.54) is 0 Å². The average Bonchev–Trinajstić information content (AvgIpc) is 2.75. The van der Waals surface area contributed by atoms with Gasteiger partial charge in [-0.25, -0.2) is 0 Å². The number of carbonyl (C=O) groups is 1. The number of nitriles is 1. The Morgan fingerprint density at radius 3 is 2.50 bits per heavy atom. The Bertz CT molecular complexity index is 480. The van der Waals surface area contributed by atoms with Gasteiger partial charge in [-0.2, -0.15) is 5.26 Å². The van der Waals surface area contributed by atoms with Crippen molar-refractivity contribution in [2.75, 3.05) is 0 Å². The zero-order valence-electron chi connectivity index (χ0n) is 8.68. The molecule has 0 heterocycles. The number of carbonyl (C=O) groups excluding carboxylic acids is 1. The van der Waals surface area contributed by atoms with Gasteiger partial charge in [-0.1, -0.05) is 18.2 Å². The Labute approximate surface area is 93.6 Å². The summed E-state index contributed by atoms with van der Waals surface area (Å²) in [6.45, 7) is 0. The Kier molecular flexibility index (Phi) is 2.84. The maximum Gasteiger partial charge on any atom is 0.161 e. The van der Waals surface area contributed by atoms with E-state index >= 15 is 0 Å². The van der Waals surface area contributed by atoms with Crippen molar-refractivity contribution in [3.63, 3.8) is 0 Å². The van der Waals surface area contributed by atoms with Crippen molar-refractivity contribution in [3.8, 4) is 6.07 Å². The Morgan fingerprint density at radius 1 is 1.31 bits per heavy atom. The molecule has 1 aliphatic carbocycles. The highest BCUT2D eigenvalue weighted by molar-refractivity contribution is 5.98. The lowest BCUT2D eigenvalue weighted by molar-refractivity contribution is -0.115. The zero-order valence-corrected chi connectivity index (χ0v) is 8.68. The molecule has 0 saturated carbocycles. The van der Waals surface area contributed by atoms with Crippen molar-refractivity contribution in [1.82, 2.24) is 0 Å². The minimum Gasteiger partial charge on any atom is -0.384 e. The molecular weight excluding hydrogens is 202 g/mol. The molecular formula is C13H11NO2. The molecule has 1 unspecified atom stereocenters. The third kappa shape index (κ3) is 1.88. The van der Waals surface area contributed by atoms with Crippen molar-refractivity contribution >= 4 is 5.78 Å². The summed E-state index contributed by atoms with van der Waals surface area (Å²) >= 11 is 0. The van der Waals surface area contributed by atoms with Crippen LogP contribution in [0.25, 0.3) is 0 Å². The quantitative estimate of drug-likeness (QED) is 0.815. The summed E-state index contributed by atoms with van der Waals surface area (Å²) in [5, 5.41) is 18.6. The maximum absolute atomic E-state index is 11.4. The number of hydrogen-bond donors (Lipinski definition) is 1. The first-order chi connectivity index (χ1) is 7.72. The molecule has 3 nitrogen and oxygen atoms in total. The van der Waals surface area contributed by atoms with Crippen LogP contribution in [0.1, 0.15) is 30.1 Å². The number of nitrogens with zero attached hydrogens (tertiary/aromatic N) is 1. The first-order valence-corrected chi connectivity index (χ1v) is 5.14. The number of benzene rings is 1. The molecule has 1 N–H and O–H groups in total. The minimum absolute atomic E-state index is 0.0110. The number of ketones is 1. The first kappa shape index (κ1) is 10.6. The highest BCUT2D eigenvalue weighted by Gasteiger charge is 2.23. The van der Waals surface area contributed by atoms with Crippen molar-refractivity contribution < 1.29 is 9.90 Å². The molecule has 1 aromatic carbocycles. The fourth-order valence-electron chi connectivity index (χ4n) is 1.80. The second-order valence-corrected chi connectivity index (χ2v) is 3.76. The second kappa shape index (κ2) is 4.30. The molecule has 0 amide bonds. The Morgan fingerprint density at radius 2 is 2.00 bits per heavy atom. The topological polar surface area (TPSA) is 61.1 Å². The van der Waals surface area contributed by atoms with Gasteiger partial charge in [-0.15, -0.1) is 0 Å². The predicted octanol–water partition coefficient (Wildman–Crippen LogP) is 1.88. The van der Waals surface area contributed by atoms with Crippen molar-refractivity contribution in [2.45, 2.75) is 18.9 Å². The number of rotatable bonds is 2. The molecule has 0 fully saturated rings. The summed E-state index contributed by atoms with van der Waals surface area (Å²) in [5.74, 6) is 0.0110. The second-order valence-electron chi connectivity index (χ2n) is 3.76. The monoisotopic (exact) mass is 213 g/mol. The lowest BCUT2D eigenvalue weighted by atomic mass is 9.99. The van der Waals surface area contributed by atoms with Gasteiger partial charge < -0.3 is 5.11 Å². The molecule has 0 saturated heterocycles. The maximum atomic E-state index is 11.4. The Balaban J connectivity index is 2.24. The SMILES string of the molecule is N#Cc1ccc(C(O)C2=CCCC2=O)cc1. The average molecular weight is 213 g/mol. The number of allylic oxidation sites excluding steroid dienone is 1. The molecule has 3 heteroatoms. The third-order valence-corrected chi connectivity index (χ3v) is 2.71. The van der Waals surface area contributed by atoms with Crippen LogP contribution >= 0.6 is 0 Å². The summed E-state index contributed by atoms with van der Waals surface area (Å²) in [6, 6.07) is 8.64. The molecule has 0 radical (unpaired) electrons. The first-order valence-electron chi connectivity index (χ1n) is 5.14. The molecule has 80 valence electrons. The van der Waals surface area contributed by atoms with Gasteiger partial charge in [0.15, 0.2) is 5.78 Å². The van der Waals surface area contributed by atoms with Crippen molar-refractivity contribution in [1.29, 1.82) is 5.26 Å². The summed E-state index contributed by atoms with van der Waals surface area (Å²) < 4.78 is 0. The molecule has 16 heavy (non-hydrogen) atoms. The highest BCUT2D eigenvalue weighted by Crippen LogP contribution is 2.28. The van der Waals surface area contributed by atoms with E-state index in [1.54, 1.807) is 30.3 Å². The van der Waals surface area contributed by atoms with Gasteiger partial charge in [0.05, 0.1) is 11.6 Å². The van der Waals surface area contributed by atoms with Crippen molar-refractivity contribution in [3.05, 3.63) is 47.0 Å². The summed E-state index contributed by atoms with van der Waals surface area (Å²) in [6.07, 6.45) is 2.12. The van der Waals surface area contributed by atoms with Crippen LogP contribution < -0.4 is 0 Å². The van der Waals surface area contributed by atoms with Gasteiger partial charge in [0, 0.05) is 12.0 Å². The van der Waals surface area contributed by atoms with Gasteiger partial charge in [-0.3, -0.25) is 4.79 Å². The van der Waals surface area contributed by atoms with Crippen LogP contribution in [0, 0.1) is 11.3 Å². The molecule has 1 atom stereocenters. The Hall–Kier alpha value is -1.92. The van der Waals surface area contributed by atoms with Gasteiger partial charge >= 0.3 is 0 Å². The van der Waals surface area contributed by atoms with E-state index in [9.17, 15) is 9.90 Å². The zero-order chi connectivity index (χ0) is 11.5. The number of aliphatic hydroxyl groups excluding tert-OH is 1. The summed E-state index contributed by atoms with van der Waals surface area (Å²) in [5.41, 5.74) is 1.67. The summed E-state index contributed by atoms with van der Waals surface area (Å²) in [4.78, 5) is 11.4. The van der Waals surface area contributed by atoms with Gasteiger partial charge in [-0.05, 0) is 24.1 Å². The normalized spacial score (nSPS) is 16.8. The largest absolute Gasteiger partial charge is 0.384 e. The molecule has 0 bridgehead atoms. The van der Waals surface area contributed by atoms with Crippen LogP contribution in [0.5, 0.6) is 0 Å². The van der Waals surface area contributed by atoms with Gasteiger partial charge in [0.25, 0.3) is 0 Å². The van der Waals surface area contributed by atoms with E-state index in [0.717, 1.165) is 0 Å². The van der Waals surface area contributed by atoms with E-state index in [0.29, 0.717) is 29.5 Å². The smallest absolute Gasteiger partial charge is 0.161 e. The van der Waals surface area contributed by atoms with Crippen molar-refractivity contribution in [2.24, 2.45) is 0 Å². The van der Waals surface area contributed by atoms with Gasteiger partial charge in [0.1, 0.15) is 6.10 Å².